The zero-order valence-corrected chi connectivity index (χ0v) is 11.6. The Morgan fingerprint density at radius 2 is 1.90 bits per heavy atom. The van der Waals surface area contributed by atoms with E-state index in [2.05, 4.69) is 5.32 Å². The van der Waals surface area contributed by atoms with Gasteiger partial charge >= 0.3 is 6.18 Å². The minimum absolute atomic E-state index is 0.0392. The van der Waals surface area contributed by atoms with Gasteiger partial charge in [-0.1, -0.05) is 6.07 Å². The van der Waals surface area contributed by atoms with Crippen molar-refractivity contribution in [3.8, 4) is 0 Å². The highest BCUT2D eigenvalue weighted by Crippen LogP contribution is 2.29. The summed E-state index contributed by atoms with van der Waals surface area (Å²) in [6.45, 7) is 0.488. The van der Waals surface area contributed by atoms with E-state index in [0.29, 0.717) is 12.5 Å². The number of halogens is 3. The summed E-state index contributed by atoms with van der Waals surface area (Å²) in [7, 11) is 0. The Balaban J connectivity index is 1.91. The molecule has 0 unspecified atom stereocenters. The van der Waals surface area contributed by atoms with Gasteiger partial charge in [-0.25, -0.2) is 0 Å². The molecule has 1 aliphatic carbocycles. The number of amides is 1. The predicted molar refractivity (Wildman–Crippen MR) is 73.7 cm³/mol. The van der Waals surface area contributed by atoms with E-state index in [1.807, 2.05) is 0 Å². The Kier molecular flexibility index (Phi) is 4.88. The zero-order chi connectivity index (χ0) is 15.5. The molecule has 0 spiro atoms. The molecular weight excluding hydrogens is 281 g/mol. The quantitative estimate of drug-likeness (QED) is 0.901. The van der Waals surface area contributed by atoms with Crippen molar-refractivity contribution in [1.82, 2.24) is 5.32 Å². The number of alkyl halides is 3. The number of rotatable bonds is 3. The highest BCUT2D eigenvalue weighted by molar-refractivity contribution is 5.94. The summed E-state index contributed by atoms with van der Waals surface area (Å²) in [4.78, 5) is 11.9. The number of nitrogens with two attached hydrogens (primary N) is 1. The molecule has 0 heterocycles. The Labute approximate surface area is 121 Å². The van der Waals surface area contributed by atoms with Crippen LogP contribution in [0.4, 0.5) is 13.2 Å². The fourth-order valence-electron chi connectivity index (χ4n) is 2.57. The van der Waals surface area contributed by atoms with Crippen LogP contribution in [-0.2, 0) is 6.18 Å². The van der Waals surface area contributed by atoms with Crippen LogP contribution in [0.2, 0.25) is 0 Å². The lowest BCUT2D eigenvalue weighted by Crippen LogP contribution is -2.34. The van der Waals surface area contributed by atoms with Gasteiger partial charge in [0.15, 0.2) is 0 Å². The van der Waals surface area contributed by atoms with Gasteiger partial charge in [-0.2, -0.15) is 13.2 Å². The molecule has 0 radical (unpaired) electrons. The summed E-state index contributed by atoms with van der Waals surface area (Å²) in [6.07, 6.45) is -0.669. The maximum Gasteiger partial charge on any atom is 0.416 e. The maximum absolute atomic E-state index is 12.6. The lowest BCUT2D eigenvalue weighted by atomic mass is 9.86. The number of carbonyl (C=O) groups is 1. The number of carbonyl (C=O) groups excluding carboxylic acids is 1. The molecule has 116 valence electrons. The molecule has 3 N–H and O–H groups in total. The molecule has 1 amide bonds. The second-order valence-corrected chi connectivity index (χ2v) is 5.57. The van der Waals surface area contributed by atoms with E-state index < -0.39 is 17.6 Å². The van der Waals surface area contributed by atoms with Crippen LogP contribution < -0.4 is 11.1 Å². The fraction of sp³-hybridized carbons (Fsp3) is 0.533. The summed E-state index contributed by atoms with van der Waals surface area (Å²) in [6, 6.07) is 4.71. The van der Waals surface area contributed by atoms with Gasteiger partial charge in [-0.15, -0.1) is 0 Å². The summed E-state index contributed by atoms with van der Waals surface area (Å²) >= 11 is 0. The second-order valence-electron chi connectivity index (χ2n) is 5.57. The summed E-state index contributed by atoms with van der Waals surface area (Å²) < 4.78 is 37.8. The van der Waals surface area contributed by atoms with Crippen LogP contribution in [0.25, 0.3) is 0 Å². The van der Waals surface area contributed by atoms with Gasteiger partial charge in [-0.3, -0.25) is 4.79 Å². The minimum atomic E-state index is -4.43. The Morgan fingerprint density at radius 1 is 1.24 bits per heavy atom. The molecular formula is C15H19F3N2O. The molecule has 0 bridgehead atoms. The predicted octanol–water partition coefficient (Wildman–Crippen LogP) is 2.95. The van der Waals surface area contributed by atoms with Gasteiger partial charge in [0.2, 0.25) is 0 Å². The molecule has 0 atom stereocenters. The number of benzene rings is 1. The van der Waals surface area contributed by atoms with Crippen molar-refractivity contribution in [3.05, 3.63) is 35.4 Å². The van der Waals surface area contributed by atoms with Gasteiger partial charge in [0.25, 0.3) is 5.91 Å². The van der Waals surface area contributed by atoms with Gasteiger partial charge in [0.1, 0.15) is 0 Å². The van der Waals surface area contributed by atoms with Gasteiger partial charge < -0.3 is 11.1 Å². The van der Waals surface area contributed by atoms with Crippen molar-refractivity contribution in [2.45, 2.75) is 37.9 Å². The topological polar surface area (TPSA) is 55.1 Å². The van der Waals surface area contributed by atoms with E-state index in [-0.39, 0.29) is 11.6 Å². The first-order chi connectivity index (χ1) is 9.86. The summed E-state index contributed by atoms with van der Waals surface area (Å²) in [5, 5.41) is 2.72. The average Bonchev–Trinajstić information content (AvgIpc) is 2.45. The largest absolute Gasteiger partial charge is 0.416 e. The first kappa shape index (κ1) is 15.8. The standard InChI is InChI=1S/C15H19F3N2O/c16-15(17,18)12-3-1-2-11(8-12)14(21)20-9-10-4-6-13(19)7-5-10/h1-3,8,10,13H,4-7,9,19H2,(H,20,21). The first-order valence-electron chi connectivity index (χ1n) is 7.07. The van der Waals surface area contributed by atoms with Crippen molar-refractivity contribution in [2.75, 3.05) is 6.54 Å². The van der Waals surface area contributed by atoms with Crippen molar-refractivity contribution in [3.63, 3.8) is 0 Å². The third kappa shape index (κ3) is 4.46. The molecule has 1 aromatic rings. The lowest BCUT2D eigenvalue weighted by molar-refractivity contribution is -0.137. The van der Waals surface area contributed by atoms with Crippen LogP contribution in [0.5, 0.6) is 0 Å². The van der Waals surface area contributed by atoms with E-state index in [9.17, 15) is 18.0 Å². The average molecular weight is 300 g/mol. The molecule has 3 nitrogen and oxygen atoms in total. The van der Waals surface area contributed by atoms with Crippen LogP contribution >= 0.6 is 0 Å². The van der Waals surface area contributed by atoms with E-state index in [0.717, 1.165) is 37.8 Å². The van der Waals surface area contributed by atoms with Crippen molar-refractivity contribution < 1.29 is 18.0 Å². The molecule has 0 aromatic heterocycles. The van der Waals surface area contributed by atoms with Gasteiger partial charge in [0.05, 0.1) is 5.56 Å². The molecule has 1 aliphatic rings. The monoisotopic (exact) mass is 300 g/mol. The SMILES string of the molecule is NC1CCC(CNC(=O)c2cccc(C(F)(F)F)c2)CC1. The van der Waals surface area contributed by atoms with E-state index >= 15 is 0 Å². The van der Waals surface area contributed by atoms with Crippen LogP contribution in [-0.4, -0.2) is 18.5 Å². The fourth-order valence-corrected chi connectivity index (χ4v) is 2.57. The van der Waals surface area contributed by atoms with E-state index in [1.165, 1.54) is 12.1 Å². The normalized spacial score (nSPS) is 22.9. The highest BCUT2D eigenvalue weighted by Gasteiger charge is 2.31. The van der Waals surface area contributed by atoms with E-state index in [4.69, 9.17) is 5.73 Å². The molecule has 1 fully saturated rings. The van der Waals surface area contributed by atoms with Crippen molar-refractivity contribution >= 4 is 5.91 Å². The van der Waals surface area contributed by atoms with Crippen LogP contribution in [0.1, 0.15) is 41.6 Å². The maximum atomic E-state index is 12.6. The summed E-state index contributed by atoms with van der Waals surface area (Å²) in [5.41, 5.74) is 5.04. The van der Waals surface area contributed by atoms with Gasteiger partial charge in [-0.05, 0) is 49.8 Å². The third-order valence-corrected chi connectivity index (χ3v) is 3.89. The van der Waals surface area contributed by atoms with E-state index in [1.54, 1.807) is 0 Å². The Hall–Kier alpha value is -1.56. The van der Waals surface area contributed by atoms with Crippen LogP contribution in [0, 0.1) is 5.92 Å². The molecule has 0 saturated heterocycles. The molecule has 21 heavy (non-hydrogen) atoms. The van der Waals surface area contributed by atoms with Crippen LogP contribution in [0.15, 0.2) is 24.3 Å². The summed E-state index contributed by atoms with van der Waals surface area (Å²) in [5.74, 6) is -0.101. The second kappa shape index (κ2) is 6.47. The molecule has 0 aliphatic heterocycles. The molecule has 1 aromatic carbocycles. The molecule has 6 heteroatoms. The number of hydrogen-bond donors (Lipinski definition) is 2. The van der Waals surface area contributed by atoms with Crippen molar-refractivity contribution in [1.29, 1.82) is 0 Å². The van der Waals surface area contributed by atoms with Crippen LogP contribution in [0.3, 0.4) is 0 Å². The lowest BCUT2D eigenvalue weighted by Gasteiger charge is -2.26. The van der Waals surface area contributed by atoms with Gasteiger partial charge in [0, 0.05) is 18.2 Å². The highest BCUT2D eigenvalue weighted by atomic mass is 19.4. The molecule has 1 saturated carbocycles. The minimum Gasteiger partial charge on any atom is -0.352 e. The number of hydrogen-bond acceptors (Lipinski definition) is 2. The number of nitrogens with one attached hydrogen (secondary N) is 1. The smallest absolute Gasteiger partial charge is 0.352 e. The molecule has 2 rings (SSSR count). The Bertz CT molecular complexity index is 494. The zero-order valence-electron chi connectivity index (χ0n) is 11.6. The van der Waals surface area contributed by atoms with Crippen molar-refractivity contribution in [2.24, 2.45) is 11.7 Å². The third-order valence-electron chi connectivity index (χ3n) is 3.89. The Morgan fingerprint density at radius 3 is 2.52 bits per heavy atom. The first-order valence-corrected chi connectivity index (χ1v) is 7.07.